The summed E-state index contributed by atoms with van der Waals surface area (Å²) in [6, 6.07) is 7.33. The Kier molecular flexibility index (Phi) is 7.47. The number of carbonyl (C=O) groups is 1. The fourth-order valence-corrected chi connectivity index (χ4v) is 2.66. The van der Waals surface area contributed by atoms with Crippen molar-refractivity contribution in [3.05, 3.63) is 35.4 Å². The molecule has 5 heteroatoms. The summed E-state index contributed by atoms with van der Waals surface area (Å²) in [6.07, 6.45) is 1.66. The number of benzene rings is 1. The average Bonchev–Trinajstić information content (AvgIpc) is 2.43. The van der Waals surface area contributed by atoms with E-state index in [9.17, 15) is 9.00 Å². The molecule has 112 valence electrons. The molecule has 1 rings (SSSR count). The van der Waals surface area contributed by atoms with Crippen LogP contribution in [-0.2, 0) is 16.6 Å². The maximum Gasteiger partial charge on any atom is 0.251 e. The van der Waals surface area contributed by atoms with E-state index in [-0.39, 0.29) is 5.91 Å². The lowest BCUT2D eigenvalue weighted by Crippen LogP contribution is -2.34. The predicted molar refractivity (Wildman–Crippen MR) is 84.3 cm³/mol. The molecule has 1 aromatic rings. The second-order valence-electron chi connectivity index (χ2n) is 4.70. The molecule has 1 atom stereocenters. The average molecular weight is 296 g/mol. The van der Waals surface area contributed by atoms with Crippen LogP contribution in [0, 0.1) is 0 Å². The summed E-state index contributed by atoms with van der Waals surface area (Å²) >= 11 is 0. The molecule has 0 aliphatic carbocycles. The van der Waals surface area contributed by atoms with Crippen LogP contribution in [0.2, 0.25) is 0 Å². The summed E-state index contributed by atoms with van der Waals surface area (Å²) in [6.45, 7) is 7.70. The molecule has 4 nitrogen and oxygen atoms in total. The molecule has 0 saturated heterocycles. The van der Waals surface area contributed by atoms with E-state index in [0.29, 0.717) is 17.9 Å². The third-order valence-electron chi connectivity index (χ3n) is 3.17. The minimum Gasteiger partial charge on any atom is -0.351 e. The SMILES string of the molecule is CCN(CC)CCNC(=O)c1cccc(CS(C)=O)c1. The number of rotatable bonds is 8. The largest absolute Gasteiger partial charge is 0.351 e. The van der Waals surface area contributed by atoms with Gasteiger partial charge >= 0.3 is 0 Å². The number of carbonyl (C=O) groups excluding carboxylic acids is 1. The van der Waals surface area contributed by atoms with Gasteiger partial charge in [0, 0.05) is 41.5 Å². The first-order valence-corrected chi connectivity index (χ1v) is 8.69. The smallest absolute Gasteiger partial charge is 0.251 e. The summed E-state index contributed by atoms with van der Waals surface area (Å²) in [5.74, 6) is 0.418. The quantitative estimate of drug-likeness (QED) is 0.793. The van der Waals surface area contributed by atoms with E-state index in [2.05, 4.69) is 24.1 Å². The minimum atomic E-state index is -0.890. The number of nitrogens with one attached hydrogen (secondary N) is 1. The molecule has 0 aliphatic rings. The molecule has 0 spiro atoms. The van der Waals surface area contributed by atoms with Crippen LogP contribution in [0.4, 0.5) is 0 Å². The van der Waals surface area contributed by atoms with Crippen molar-refractivity contribution in [2.24, 2.45) is 0 Å². The van der Waals surface area contributed by atoms with Gasteiger partial charge in [-0.1, -0.05) is 26.0 Å². The Balaban J connectivity index is 2.52. The Morgan fingerprint density at radius 3 is 2.60 bits per heavy atom. The van der Waals surface area contributed by atoms with E-state index in [1.807, 2.05) is 18.2 Å². The van der Waals surface area contributed by atoms with Gasteiger partial charge in [0.2, 0.25) is 0 Å². The number of amides is 1. The first kappa shape index (κ1) is 16.9. The number of likely N-dealkylation sites (N-methyl/N-ethyl adjacent to an activating group) is 1. The first-order valence-electron chi connectivity index (χ1n) is 6.96. The maximum atomic E-state index is 12.0. The number of hydrogen-bond acceptors (Lipinski definition) is 3. The van der Waals surface area contributed by atoms with Gasteiger partial charge in [-0.15, -0.1) is 0 Å². The highest BCUT2D eigenvalue weighted by Gasteiger charge is 2.07. The normalized spacial score (nSPS) is 12.4. The van der Waals surface area contributed by atoms with Crippen LogP contribution in [0.3, 0.4) is 0 Å². The molecule has 20 heavy (non-hydrogen) atoms. The van der Waals surface area contributed by atoms with Crippen LogP contribution in [-0.4, -0.2) is 47.5 Å². The molecule has 0 radical (unpaired) electrons. The highest BCUT2D eigenvalue weighted by atomic mass is 32.2. The Hall–Kier alpha value is -1.20. The van der Waals surface area contributed by atoms with Gasteiger partial charge in [-0.05, 0) is 30.8 Å². The monoisotopic (exact) mass is 296 g/mol. The van der Waals surface area contributed by atoms with Gasteiger partial charge in [-0.3, -0.25) is 9.00 Å². The van der Waals surface area contributed by atoms with E-state index < -0.39 is 10.8 Å². The molecule has 1 aromatic carbocycles. The Labute approximate surface area is 124 Å². The molecular weight excluding hydrogens is 272 g/mol. The zero-order valence-electron chi connectivity index (χ0n) is 12.5. The third-order valence-corrected chi connectivity index (χ3v) is 3.91. The summed E-state index contributed by atoms with van der Waals surface area (Å²) in [5, 5.41) is 2.92. The van der Waals surface area contributed by atoms with Gasteiger partial charge in [-0.2, -0.15) is 0 Å². The Morgan fingerprint density at radius 2 is 2.00 bits per heavy atom. The molecule has 1 amide bonds. The van der Waals surface area contributed by atoms with Gasteiger partial charge in [0.15, 0.2) is 0 Å². The zero-order chi connectivity index (χ0) is 15.0. The van der Waals surface area contributed by atoms with Crippen LogP contribution in [0.5, 0.6) is 0 Å². The van der Waals surface area contributed by atoms with E-state index in [1.54, 1.807) is 12.3 Å². The van der Waals surface area contributed by atoms with Crippen molar-refractivity contribution in [2.45, 2.75) is 19.6 Å². The second kappa shape index (κ2) is 8.87. The summed E-state index contributed by atoms with van der Waals surface area (Å²) in [4.78, 5) is 14.3. The van der Waals surface area contributed by atoms with Gasteiger partial charge in [0.05, 0.1) is 0 Å². The predicted octanol–water partition coefficient (Wildman–Crippen LogP) is 1.64. The molecule has 0 aromatic heterocycles. The van der Waals surface area contributed by atoms with Crippen LogP contribution in [0.1, 0.15) is 29.8 Å². The second-order valence-corrected chi connectivity index (χ2v) is 6.14. The van der Waals surface area contributed by atoms with Crippen molar-refractivity contribution in [3.63, 3.8) is 0 Å². The van der Waals surface area contributed by atoms with Crippen LogP contribution in [0.15, 0.2) is 24.3 Å². The number of nitrogens with zero attached hydrogens (tertiary/aromatic N) is 1. The third kappa shape index (κ3) is 5.84. The Morgan fingerprint density at radius 1 is 1.30 bits per heavy atom. The van der Waals surface area contributed by atoms with E-state index in [0.717, 1.165) is 25.2 Å². The summed E-state index contributed by atoms with van der Waals surface area (Å²) in [5.41, 5.74) is 1.56. The van der Waals surface area contributed by atoms with Crippen LogP contribution in [0.25, 0.3) is 0 Å². The van der Waals surface area contributed by atoms with E-state index in [1.165, 1.54) is 0 Å². The number of hydrogen-bond donors (Lipinski definition) is 1. The lowest BCUT2D eigenvalue weighted by Gasteiger charge is -2.18. The van der Waals surface area contributed by atoms with Crippen molar-refractivity contribution >= 4 is 16.7 Å². The topological polar surface area (TPSA) is 49.4 Å². The van der Waals surface area contributed by atoms with Crippen molar-refractivity contribution in [1.82, 2.24) is 10.2 Å². The molecule has 0 heterocycles. The maximum absolute atomic E-state index is 12.0. The molecule has 0 aliphatic heterocycles. The lowest BCUT2D eigenvalue weighted by atomic mass is 10.1. The molecular formula is C15H24N2O2S. The van der Waals surface area contributed by atoms with Crippen molar-refractivity contribution < 1.29 is 9.00 Å². The van der Waals surface area contributed by atoms with Crippen LogP contribution < -0.4 is 5.32 Å². The first-order chi connectivity index (χ1) is 9.56. The van der Waals surface area contributed by atoms with Crippen molar-refractivity contribution in [1.29, 1.82) is 0 Å². The van der Waals surface area contributed by atoms with Gasteiger partial charge in [0.1, 0.15) is 0 Å². The minimum absolute atomic E-state index is 0.0686. The fraction of sp³-hybridized carbons (Fsp3) is 0.533. The molecule has 0 bridgehead atoms. The highest BCUT2D eigenvalue weighted by molar-refractivity contribution is 7.83. The van der Waals surface area contributed by atoms with Gasteiger partial charge in [-0.25, -0.2) is 0 Å². The molecule has 0 fully saturated rings. The zero-order valence-corrected chi connectivity index (χ0v) is 13.3. The fourth-order valence-electron chi connectivity index (χ4n) is 2.01. The van der Waals surface area contributed by atoms with Crippen molar-refractivity contribution in [2.75, 3.05) is 32.4 Å². The Bertz CT molecular complexity index is 459. The van der Waals surface area contributed by atoms with Gasteiger partial charge in [0.25, 0.3) is 5.91 Å². The standard InChI is InChI=1S/C15H24N2O2S/c1-4-17(5-2)10-9-16-15(18)14-8-6-7-13(11-14)12-20(3)19/h6-8,11H,4-5,9-10,12H2,1-3H3,(H,16,18). The van der Waals surface area contributed by atoms with E-state index >= 15 is 0 Å². The summed E-state index contributed by atoms with van der Waals surface area (Å²) < 4.78 is 11.2. The molecule has 1 unspecified atom stereocenters. The molecule has 0 saturated carbocycles. The molecule has 1 N–H and O–H groups in total. The van der Waals surface area contributed by atoms with Crippen LogP contribution >= 0.6 is 0 Å². The van der Waals surface area contributed by atoms with Gasteiger partial charge < -0.3 is 10.2 Å². The highest BCUT2D eigenvalue weighted by Crippen LogP contribution is 2.07. The lowest BCUT2D eigenvalue weighted by molar-refractivity contribution is 0.0949. The summed E-state index contributed by atoms with van der Waals surface area (Å²) in [7, 11) is -0.890. The van der Waals surface area contributed by atoms with E-state index in [4.69, 9.17) is 0 Å². The van der Waals surface area contributed by atoms with Crippen molar-refractivity contribution in [3.8, 4) is 0 Å².